The number of nitrogens with one attached hydrogen (secondary N) is 1. The number of rotatable bonds is 3. The van der Waals surface area contributed by atoms with Gasteiger partial charge in [-0.15, -0.1) is 11.3 Å². The highest BCUT2D eigenvalue weighted by Gasteiger charge is 2.33. The van der Waals surface area contributed by atoms with Crippen molar-refractivity contribution in [3.05, 3.63) is 62.4 Å². The van der Waals surface area contributed by atoms with Crippen molar-refractivity contribution in [1.29, 1.82) is 0 Å². The number of hydrogen-bond acceptors (Lipinski definition) is 3. The minimum atomic E-state index is -0.474. The Morgan fingerprint density at radius 3 is 2.53 bits per heavy atom. The molecule has 30 heavy (non-hydrogen) atoms. The fraction of sp³-hybridized carbons (Fsp3) is 0.333. The molecule has 1 aromatic heterocycles. The SMILES string of the molecule is CC(C)(C)[C@@H]1CCc2c(sc(NC(=O)c3cccc4c(Br)cccc34)c2C(N)=O)C1. The number of fused-ring (bicyclic) bond motifs is 2. The molecule has 1 heterocycles. The molecule has 0 unspecified atom stereocenters. The number of nitrogens with two attached hydrogens (primary N) is 1. The first-order chi connectivity index (χ1) is 14.2. The summed E-state index contributed by atoms with van der Waals surface area (Å²) < 4.78 is 0.937. The van der Waals surface area contributed by atoms with Gasteiger partial charge in [-0.05, 0) is 59.1 Å². The van der Waals surface area contributed by atoms with Gasteiger partial charge in [0.05, 0.1) is 5.56 Å². The van der Waals surface area contributed by atoms with Crippen molar-refractivity contribution in [2.24, 2.45) is 17.1 Å². The molecule has 2 aromatic carbocycles. The third-order valence-electron chi connectivity index (χ3n) is 6.08. The summed E-state index contributed by atoms with van der Waals surface area (Å²) in [5, 5.41) is 5.39. The fourth-order valence-corrected chi connectivity index (χ4v) is 6.14. The number of anilines is 1. The molecule has 4 rings (SSSR count). The van der Waals surface area contributed by atoms with Crippen LogP contribution < -0.4 is 11.1 Å². The van der Waals surface area contributed by atoms with E-state index in [2.05, 4.69) is 42.0 Å². The molecule has 0 saturated carbocycles. The molecule has 2 amide bonds. The first kappa shape index (κ1) is 21.1. The Morgan fingerprint density at radius 2 is 1.83 bits per heavy atom. The Labute approximate surface area is 189 Å². The summed E-state index contributed by atoms with van der Waals surface area (Å²) in [6.45, 7) is 6.77. The summed E-state index contributed by atoms with van der Waals surface area (Å²) in [5.74, 6) is -0.159. The fourth-order valence-electron chi connectivity index (χ4n) is 4.31. The second-order valence-electron chi connectivity index (χ2n) is 8.97. The number of carbonyl (C=O) groups is 2. The third kappa shape index (κ3) is 3.79. The van der Waals surface area contributed by atoms with Gasteiger partial charge in [-0.25, -0.2) is 0 Å². The molecule has 1 atom stereocenters. The van der Waals surface area contributed by atoms with Gasteiger partial charge in [-0.3, -0.25) is 9.59 Å². The minimum Gasteiger partial charge on any atom is -0.365 e. The van der Waals surface area contributed by atoms with Crippen LogP contribution >= 0.6 is 27.3 Å². The number of carbonyl (C=O) groups excluding carboxylic acids is 2. The Balaban J connectivity index is 1.71. The van der Waals surface area contributed by atoms with Crippen LogP contribution in [0.25, 0.3) is 10.8 Å². The summed E-state index contributed by atoms with van der Waals surface area (Å²) in [6, 6.07) is 11.4. The average Bonchev–Trinajstić information content (AvgIpc) is 3.04. The van der Waals surface area contributed by atoms with E-state index in [0.717, 1.165) is 40.1 Å². The van der Waals surface area contributed by atoms with Crippen molar-refractivity contribution >= 4 is 54.9 Å². The molecule has 0 fully saturated rings. The van der Waals surface area contributed by atoms with Crippen molar-refractivity contribution < 1.29 is 9.59 Å². The zero-order valence-corrected chi connectivity index (χ0v) is 19.7. The van der Waals surface area contributed by atoms with Crippen molar-refractivity contribution in [2.75, 3.05) is 5.32 Å². The predicted octanol–water partition coefficient (Wildman–Crippen LogP) is 6.17. The molecule has 3 N–H and O–H groups in total. The molecule has 4 nitrogen and oxygen atoms in total. The van der Waals surface area contributed by atoms with Gasteiger partial charge in [-0.1, -0.05) is 61.0 Å². The van der Waals surface area contributed by atoms with Crippen LogP contribution in [0, 0.1) is 11.3 Å². The summed E-state index contributed by atoms with van der Waals surface area (Å²) in [6.07, 6.45) is 2.77. The molecule has 0 bridgehead atoms. The number of halogens is 1. The monoisotopic (exact) mass is 484 g/mol. The summed E-state index contributed by atoms with van der Waals surface area (Å²) in [7, 11) is 0. The molecule has 156 valence electrons. The van der Waals surface area contributed by atoms with E-state index in [1.807, 2.05) is 30.3 Å². The second kappa shape index (κ2) is 7.82. The first-order valence-electron chi connectivity index (χ1n) is 10.1. The van der Waals surface area contributed by atoms with Crippen LogP contribution in [-0.2, 0) is 12.8 Å². The van der Waals surface area contributed by atoms with Gasteiger partial charge in [0.1, 0.15) is 5.00 Å². The lowest BCUT2D eigenvalue weighted by atomic mass is 9.72. The number of primary amides is 1. The van der Waals surface area contributed by atoms with Crippen LogP contribution in [0.3, 0.4) is 0 Å². The molecule has 1 aliphatic rings. The molecular formula is C24H25BrN2O2S. The maximum atomic E-state index is 13.2. The van der Waals surface area contributed by atoms with Gasteiger partial charge in [0.2, 0.25) is 0 Å². The Hall–Kier alpha value is -2.18. The van der Waals surface area contributed by atoms with E-state index >= 15 is 0 Å². The van der Waals surface area contributed by atoms with Crippen molar-refractivity contribution in [1.82, 2.24) is 0 Å². The molecule has 6 heteroatoms. The normalized spacial score (nSPS) is 16.3. The van der Waals surface area contributed by atoms with Gasteiger partial charge in [0.15, 0.2) is 0 Å². The number of amides is 2. The van der Waals surface area contributed by atoms with Crippen molar-refractivity contribution in [3.63, 3.8) is 0 Å². The highest BCUT2D eigenvalue weighted by molar-refractivity contribution is 9.10. The van der Waals surface area contributed by atoms with E-state index in [0.29, 0.717) is 22.0 Å². The molecule has 0 saturated heterocycles. The smallest absolute Gasteiger partial charge is 0.256 e. The van der Waals surface area contributed by atoms with Crippen LogP contribution in [0.2, 0.25) is 0 Å². The minimum absolute atomic E-state index is 0.203. The Kier molecular flexibility index (Phi) is 5.49. The van der Waals surface area contributed by atoms with Crippen LogP contribution in [-0.4, -0.2) is 11.8 Å². The summed E-state index contributed by atoms with van der Waals surface area (Å²) in [5.41, 5.74) is 8.01. The summed E-state index contributed by atoms with van der Waals surface area (Å²) in [4.78, 5) is 26.6. The zero-order chi connectivity index (χ0) is 21.6. The van der Waals surface area contributed by atoms with E-state index in [1.165, 1.54) is 16.2 Å². The Morgan fingerprint density at radius 1 is 1.13 bits per heavy atom. The molecule has 1 aliphatic carbocycles. The second-order valence-corrected chi connectivity index (χ2v) is 10.9. The first-order valence-corrected chi connectivity index (χ1v) is 11.7. The van der Waals surface area contributed by atoms with E-state index in [1.54, 1.807) is 6.07 Å². The lowest BCUT2D eigenvalue weighted by Gasteiger charge is -2.33. The van der Waals surface area contributed by atoms with Crippen LogP contribution in [0.15, 0.2) is 40.9 Å². The highest BCUT2D eigenvalue weighted by Crippen LogP contribution is 2.44. The van der Waals surface area contributed by atoms with Gasteiger partial charge < -0.3 is 11.1 Å². The maximum Gasteiger partial charge on any atom is 0.256 e. The molecule has 0 aliphatic heterocycles. The number of benzene rings is 2. The lowest BCUT2D eigenvalue weighted by Crippen LogP contribution is -2.27. The Bertz CT molecular complexity index is 1160. The molecule has 3 aromatic rings. The van der Waals surface area contributed by atoms with Crippen LogP contribution in [0.1, 0.15) is 58.3 Å². The third-order valence-corrected chi connectivity index (χ3v) is 7.94. The highest BCUT2D eigenvalue weighted by atomic mass is 79.9. The standard InChI is InChI=1S/C24H25BrN2O2S/c1-24(2,3)13-10-11-17-19(12-13)30-23(20(17)21(26)28)27-22(29)16-8-4-7-15-14(16)6-5-9-18(15)25/h4-9,13H,10-12H2,1-3H3,(H2,26,28)(H,27,29)/t13-/m1/s1. The average molecular weight is 485 g/mol. The van der Waals surface area contributed by atoms with E-state index < -0.39 is 5.91 Å². The van der Waals surface area contributed by atoms with Gasteiger partial charge in [0.25, 0.3) is 11.8 Å². The largest absolute Gasteiger partial charge is 0.365 e. The van der Waals surface area contributed by atoms with Gasteiger partial charge in [0, 0.05) is 14.9 Å². The predicted molar refractivity (Wildman–Crippen MR) is 127 cm³/mol. The van der Waals surface area contributed by atoms with Crippen molar-refractivity contribution in [3.8, 4) is 0 Å². The number of thiophene rings is 1. The van der Waals surface area contributed by atoms with E-state index in [9.17, 15) is 9.59 Å². The quantitative estimate of drug-likeness (QED) is 0.466. The van der Waals surface area contributed by atoms with Crippen LogP contribution in [0.4, 0.5) is 5.00 Å². The topological polar surface area (TPSA) is 72.2 Å². The molecule has 0 radical (unpaired) electrons. The van der Waals surface area contributed by atoms with Gasteiger partial charge >= 0.3 is 0 Å². The maximum absolute atomic E-state index is 13.2. The van der Waals surface area contributed by atoms with Gasteiger partial charge in [-0.2, -0.15) is 0 Å². The van der Waals surface area contributed by atoms with Crippen molar-refractivity contribution in [2.45, 2.75) is 40.0 Å². The lowest BCUT2D eigenvalue weighted by molar-refractivity contribution is 0.1000. The molecular weight excluding hydrogens is 460 g/mol. The number of hydrogen-bond donors (Lipinski definition) is 2. The van der Waals surface area contributed by atoms with Crippen LogP contribution in [0.5, 0.6) is 0 Å². The van der Waals surface area contributed by atoms with E-state index in [4.69, 9.17) is 5.73 Å². The molecule has 0 spiro atoms. The zero-order valence-electron chi connectivity index (χ0n) is 17.3. The van der Waals surface area contributed by atoms with E-state index in [-0.39, 0.29) is 11.3 Å². The summed E-state index contributed by atoms with van der Waals surface area (Å²) >= 11 is 5.05.